The van der Waals surface area contributed by atoms with E-state index in [9.17, 15) is 14.4 Å². The third kappa shape index (κ3) is 18.7. The Labute approximate surface area is 190 Å². The van der Waals surface area contributed by atoms with E-state index in [1.54, 1.807) is 0 Å². The van der Waals surface area contributed by atoms with E-state index in [0.29, 0.717) is 10.9 Å². The highest BCUT2D eigenvalue weighted by atomic mass is 32.2. The Balaban J connectivity index is 3.84. The van der Waals surface area contributed by atoms with Crippen LogP contribution >= 0.6 is 24.0 Å². The van der Waals surface area contributed by atoms with Crippen molar-refractivity contribution >= 4 is 46.1 Å². The summed E-state index contributed by atoms with van der Waals surface area (Å²) in [6, 6.07) is 0. The number of carboxylic acid groups (broad SMARTS) is 2. The van der Waals surface area contributed by atoms with Gasteiger partial charge in [0, 0.05) is 19.6 Å². The largest absolute Gasteiger partial charge is 0.481 e. The van der Waals surface area contributed by atoms with Gasteiger partial charge in [0.1, 0.15) is 4.32 Å². The Bertz CT molecular complexity index is 500. The van der Waals surface area contributed by atoms with E-state index < -0.39 is 11.9 Å². The number of nitrogens with one attached hydrogen (secondary N) is 1. The zero-order chi connectivity index (χ0) is 22.6. The van der Waals surface area contributed by atoms with E-state index in [-0.39, 0.29) is 37.6 Å². The maximum Gasteiger partial charge on any atom is 0.305 e. The molecule has 0 aliphatic carbocycles. The van der Waals surface area contributed by atoms with E-state index >= 15 is 0 Å². The fourth-order valence-corrected chi connectivity index (χ4v) is 3.95. The molecule has 0 bridgehead atoms. The summed E-state index contributed by atoms with van der Waals surface area (Å²) in [6.45, 7) is 3.14. The maximum absolute atomic E-state index is 12.0. The number of thioether (sulfide) groups is 1. The summed E-state index contributed by atoms with van der Waals surface area (Å²) < 4.78 is 0.353. The molecule has 0 aliphatic rings. The molecule has 0 aromatic rings. The molecule has 1 amide bonds. The van der Waals surface area contributed by atoms with Crippen molar-refractivity contribution < 1.29 is 24.6 Å². The van der Waals surface area contributed by atoms with Crippen LogP contribution in [0.2, 0.25) is 0 Å². The number of carboxylic acids is 2. The molecular weight excluding hydrogens is 424 g/mol. The van der Waals surface area contributed by atoms with Crippen LogP contribution in [-0.2, 0) is 14.4 Å². The Hall–Kier alpha value is -1.35. The van der Waals surface area contributed by atoms with Gasteiger partial charge in [-0.1, -0.05) is 88.7 Å². The molecule has 0 atom stereocenters. The highest BCUT2D eigenvalue weighted by Gasteiger charge is 2.15. The number of carbonyl (C=O) groups excluding carboxylic acids is 1. The molecule has 0 radical (unpaired) electrons. The lowest BCUT2D eigenvalue weighted by Crippen LogP contribution is -2.33. The summed E-state index contributed by atoms with van der Waals surface area (Å²) in [4.78, 5) is 35.0. The molecule has 174 valence electrons. The van der Waals surface area contributed by atoms with Crippen LogP contribution in [0.15, 0.2) is 0 Å². The smallest absolute Gasteiger partial charge is 0.305 e. The first kappa shape index (κ1) is 28.6. The summed E-state index contributed by atoms with van der Waals surface area (Å²) in [5.74, 6) is -1.92. The summed E-state index contributed by atoms with van der Waals surface area (Å²) in [6.07, 6.45) is 12.2. The van der Waals surface area contributed by atoms with Crippen molar-refractivity contribution in [2.45, 2.75) is 84.0 Å². The van der Waals surface area contributed by atoms with Gasteiger partial charge >= 0.3 is 11.9 Å². The SMILES string of the molecule is CCCCCCCCCCCCNC(=O)CSC(=S)N(CCC(=O)O)CCC(=O)O. The number of nitrogens with zero attached hydrogens (tertiary/aromatic N) is 1. The zero-order valence-electron chi connectivity index (χ0n) is 18.2. The minimum atomic E-state index is -0.975. The minimum Gasteiger partial charge on any atom is -0.481 e. The standard InChI is InChI=1S/C21H38N2O5S2/c1-2-3-4-5-6-7-8-9-10-11-14-22-18(24)17-30-21(29)23(15-12-19(25)26)16-13-20(27)28/h2-17H2,1H3,(H,22,24)(H,25,26)(H,27,28). The van der Waals surface area contributed by atoms with Crippen molar-refractivity contribution in [3.63, 3.8) is 0 Å². The number of amides is 1. The third-order valence-electron chi connectivity index (χ3n) is 4.63. The van der Waals surface area contributed by atoms with Crippen LogP contribution < -0.4 is 5.32 Å². The Morgan fingerprint density at radius 3 is 1.77 bits per heavy atom. The number of hydrogen-bond acceptors (Lipinski definition) is 5. The highest BCUT2D eigenvalue weighted by Crippen LogP contribution is 2.12. The topological polar surface area (TPSA) is 107 Å². The lowest BCUT2D eigenvalue weighted by Gasteiger charge is -2.23. The lowest BCUT2D eigenvalue weighted by atomic mass is 10.1. The van der Waals surface area contributed by atoms with Crippen LogP contribution in [-0.4, -0.2) is 62.7 Å². The van der Waals surface area contributed by atoms with Gasteiger partial charge in [-0.25, -0.2) is 0 Å². The van der Waals surface area contributed by atoms with Crippen molar-refractivity contribution in [1.29, 1.82) is 0 Å². The second-order valence-corrected chi connectivity index (χ2v) is 8.97. The lowest BCUT2D eigenvalue weighted by molar-refractivity contribution is -0.137. The maximum atomic E-state index is 12.0. The average Bonchev–Trinajstić information content (AvgIpc) is 2.69. The van der Waals surface area contributed by atoms with Gasteiger partial charge in [-0.2, -0.15) is 0 Å². The van der Waals surface area contributed by atoms with Gasteiger partial charge in [-0.05, 0) is 6.42 Å². The first-order valence-electron chi connectivity index (χ1n) is 11.0. The first-order chi connectivity index (χ1) is 14.4. The van der Waals surface area contributed by atoms with Crippen molar-refractivity contribution in [2.75, 3.05) is 25.4 Å². The Morgan fingerprint density at radius 1 is 0.833 bits per heavy atom. The molecule has 0 aromatic carbocycles. The highest BCUT2D eigenvalue weighted by molar-refractivity contribution is 8.23. The molecule has 0 saturated heterocycles. The van der Waals surface area contributed by atoms with E-state index in [4.69, 9.17) is 22.4 Å². The van der Waals surface area contributed by atoms with Crippen molar-refractivity contribution in [3.8, 4) is 0 Å². The number of carbonyl (C=O) groups is 3. The molecule has 30 heavy (non-hydrogen) atoms. The third-order valence-corrected chi connectivity index (χ3v) is 6.15. The van der Waals surface area contributed by atoms with Gasteiger partial charge in [0.25, 0.3) is 0 Å². The van der Waals surface area contributed by atoms with Gasteiger partial charge in [-0.15, -0.1) is 0 Å². The van der Waals surface area contributed by atoms with Crippen LogP contribution in [0, 0.1) is 0 Å². The van der Waals surface area contributed by atoms with Crippen molar-refractivity contribution in [2.24, 2.45) is 0 Å². The molecule has 0 rings (SSSR count). The number of aliphatic carboxylic acids is 2. The number of unbranched alkanes of at least 4 members (excludes halogenated alkanes) is 9. The second-order valence-electron chi connectivity index (χ2n) is 7.36. The van der Waals surface area contributed by atoms with Crippen LogP contribution in [0.3, 0.4) is 0 Å². The van der Waals surface area contributed by atoms with E-state index in [1.165, 1.54) is 56.3 Å². The van der Waals surface area contributed by atoms with Crippen LogP contribution in [0.1, 0.15) is 84.0 Å². The van der Waals surface area contributed by atoms with Crippen LogP contribution in [0.5, 0.6) is 0 Å². The van der Waals surface area contributed by atoms with E-state index in [0.717, 1.165) is 24.6 Å². The van der Waals surface area contributed by atoms with Crippen LogP contribution in [0.25, 0.3) is 0 Å². The van der Waals surface area contributed by atoms with Gasteiger partial charge in [-0.3, -0.25) is 14.4 Å². The predicted octanol–water partition coefficient (Wildman–Crippen LogP) is 4.29. The van der Waals surface area contributed by atoms with Crippen LogP contribution in [0.4, 0.5) is 0 Å². The van der Waals surface area contributed by atoms with Gasteiger partial charge in [0.2, 0.25) is 5.91 Å². The van der Waals surface area contributed by atoms with Crippen molar-refractivity contribution in [3.05, 3.63) is 0 Å². The molecule has 0 aromatic heterocycles. The zero-order valence-corrected chi connectivity index (χ0v) is 19.8. The molecule has 0 aliphatic heterocycles. The second kappa shape index (κ2) is 19.6. The summed E-state index contributed by atoms with van der Waals surface area (Å²) in [5.41, 5.74) is 0. The Kier molecular flexibility index (Phi) is 18.7. The molecule has 7 nitrogen and oxygen atoms in total. The number of thiocarbonyl (C=S) groups is 1. The molecule has 0 saturated carbocycles. The molecular formula is C21H38N2O5S2. The minimum absolute atomic E-state index is 0.116. The average molecular weight is 463 g/mol. The van der Waals surface area contributed by atoms with E-state index in [1.807, 2.05) is 0 Å². The van der Waals surface area contributed by atoms with Gasteiger partial charge in [0.05, 0.1) is 18.6 Å². The summed E-state index contributed by atoms with van der Waals surface area (Å²) in [7, 11) is 0. The molecule has 0 fully saturated rings. The number of hydrogen-bond donors (Lipinski definition) is 3. The molecule has 3 N–H and O–H groups in total. The normalized spacial score (nSPS) is 10.6. The summed E-state index contributed by atoms with van der Waals surface area (Å²) in [5, 5.41) is 20.5. The molecule has 0 spiro atoms. The van der Waals surface area contributed by atoms with E-state index in [2.05, 4.69) is 12.2 Å². The molecule has 9 heteroatoms. The fourth-order valence-electron chi connectivity index (χ4n) is 2.87. The Morgan fingerprint density at radius 2 is 1.30 bits per heavy atom. The fraction of sp³-hybridized carbons (Fsp3) is 0.810. The van der Waals surface area contributed by atoms with Crippen molar-refractivity contribution in [1.82, 2.24) is 10.2 Å². The first-order valence-corrected chi connectivity index (χ1v) is 12.4. The molecule has 0 heterocycles. The predicted molar refractivity (Wildman–Crippen MR) is 126 cm³/mol. The quantitative estimate of drug-likeness (QED) is 0.193. The monoisotopic (exact) mass is 462 g/mol. The number of rotatable bonds is 19. The summed E-state index contributed by atoms with van der Waals surface area (Å²) >= 11 is 6.39. The van der Waals surface area contributed by atoms with Gasteiger partial charge < -0.3 is 20.4 Å². The molecule has 0 unspecified atom stereocenters. The van der Waals surface area contributed by atoms with Gasteiger partial charge in [0.15, 0.2) is 0 Å².